The second-order valence-electron chi connectivity index (χ2n) is 5.08. The molecule has 1 aliphatic heterocycles. The van der Waals surface area contributed by atoms with Gasteiger partial charge >= 0.3 is 0 Å². The number of rotatable bonds is 1. The number of hydrogen-bond acceptors (Lipinski definition) is 2. The number of aliphatic hydroxyl groups is 1. The molecule has 1 fully saturated rings. The van der Waals surface area contributed by atoms with Crippen LogP contribution in [-0.4, -0.2) is 18.3 Å². The van der Waals surface area contributed by atoms with Crippen molar-refractivity contribution in [3.05, 3.63) is 35.1 Å². The predicted octanol–water partition coefficient (Wildman–Crippen LogP) is 2.39. The van der Waals surface area contributed by atoms with Crippen molar-refractivity contribution in [2.75, 3.05) is 13.2 Å². The zero-order valence-electron chi connectivity index (χ0n) is 9.79. The number of fused-ring (bicyclic) bond motifs is 1. The van der Waals surface area contributed by atoms with Gasteiger partial charge in [0, 0.05) is 13.2 Å². The monoisotopic (exact) mass is 236 g/mol. The first-order chi connectivity index (χ1) is 8.22. The summed E-state index contributed by atoms with van der Waals surface area (Å²) in [4.78, 5) is 0. The molecule has 0 spiro atoms. The van der Waals surface area contributed by atoms with Crippen LogP contribution in [0.5, 0.6) is 0 Å². The molecule has 3 heteroatoms. The van der Waals surface area contributed by atoms with Crippen molar-refractivity contribution in [2.45, 2.75) is 31.3 Å². The molecule has 0 amide bonds. The van der Waals surface area contributed by atoms with Crippen LogP contribution in [0, 0.1) is 11.7 Å². The SMILES string of the molecule is OC1(C2CCOCC2)CCc2c(F)cccc21. The molecule has 0 radical (unpaired) electrons. The lowest BCUT2D eigenvalue weighted by molar-refractivity contribution is -0.0692. The van der Waals surface area contributed by atoms with E-state index in [-0.39, 0.29) is 11.7 Å². The third-order valence-electron chi connectivity index (χ3n) is 4.24. The van der Waals surface area contributed by atoms with Crippen molar-refractivity contribution in [3.63, 3.8) is 0 Å². The zero-order valence-corrected chi connectivity index (χ0v) is 9.79. The van der Waals surface area contributed by atoms with Crippen LogP contribution in [-0.2, 0) is 16.8 Å². The third kappa shape index (κ3) is 1.69. The minimum Gasteiger partial charge on any atom is -0.385 e. The fraction of sp³-hybridized carbons (Fsp3) is 0.571. The van der Waals surface area contributed by atoms with Gasteiger partial charge in [-0.25, -0.2) is 4.39 Å². The minimum atomic E-state index is -0.832. The van der Waals surface area contributed by atoms with Crippen LogP contribution >= 0.6 is 0 Å². The Morgan fingerprint density at radius 2 is 2.06 bits per heavy atom. The highest BCUT2D eigenvalue weighted by Crippen LogP contribution is 2.46. The molecule has 1 N–H and O–H groups in total. The van der Waals surface area contributed by atoms with Gasteiger partial charge in [0.1, 0.15) is 5.82 Å². The third-order valence-corrected chi connectivity index (χ3v) is 4.24. The molecule has 2 nitrogen and oxygen atoms in total. The first-order valence-corrected chi connectivity index (χ1v) is 6.30. The van der Waals surface area contributed by atoms with Crippen LogP contribution in [0.1, 0.15) is 30.4 Å². The lowest BCUT2D eigenvalue weighted by Crippen LogP contribution is -2.36. The second kappa shape index (κ2) is 4.07. The molecule has 1 heterocycles. The van der Waals surface area contributed by atoms with Crippen molar-refractivity contribution in [2.24, 2.45) is 5.92 Å². The minimum absolute atomic E-state index is 0.175. The van der Waals surface area contributed by atoms with Crippen LogP contribution < -0.4 is 0 Å². The van der Waals surface area contributed by atoms with Crippen molar-refractivity contribution in [1.82, 2.24) is 0 Å². The van der Waals surface area contributed by atoms with Crippen molar-refractivity contribution >= 4 is 0 Å². The van der Waals surface area contributed by atoms with Gasteiger partial charge in [0.05, 0.1) is 5.60 Å². The van der Waals surface area contributed by atoms with E-state index in [1.165, 1.54) is 6.07 Å². The maximum Gasteiger partial charge on any atom is 0.126 e. The van der Waals surface area contributed by atoms with Crippen LogP contribution in [0.4, 0.5) is 4.39 Å². The van der Waals surface area contributed by atoms with E-state index in [9.17, 15) is 9.50 Å². The van der Waals surface area contributed by atoms with E-state index in [1.54, 1.807) is 6.07 Å². The molecule has 1 atom stereocenters. The molecular weight excluding hydrogens is 219 g/mol. The Bertz CT molecular complexity index is 426. The predicted molar refractivity (Wildman–Crippen MR) is 62.2 cm³/mol. The fourth-order valence-electron chi connectivity index (χ4n) is 3.27. The van der Waals surface area contributed by atoms with Gasteiger partial charge in [-0.3, -0.25) is 0 Å². The van der Waals surface area contributed by atoms with E-state index in [0.717, 1.165) is 18.4 Å². The Kier molecular flexibility index (Phi) is 2.68. The summed E-state index contributed by atoms with van der Waals surface area (Å²) in [5.41, 5.74) is 0.687. The lowest BCUT2D eigenvalue weighted by atomic mass is 9.78. The summed E-state index contributed by atoms with van der Waals surface area (Å²) < 4.78 is 19.0. The molecule has 3 rings (SSSR count). The molecule has 1 unspecified atom stereocenters. The van der Waals surface area contributed by atoms with Gasteiger partial charge in [-0.1, -0.05) is 12.1 Å². The van der Waals surface area contributed by atoms with E-state index in [1.807, 2.05) is 6.07 Å². The van der Waals surface area contributed by atoms with Gasteiger partial charge in [-0.15, -0.1) is 0 Å². The highest BCUT2D eigenvalue weighted by atomic mass is 19.1. The Balaban J connectivity index is 1.98. The van der Waals surface area contributed by atoms with Gasteiger partial charge in [0.2, 0.25) is 0 Å². The quantitative estimate of drug-likeness (QED) is 0.811. The molecule has 92 valence electrons. The normalized spacial score (nSPS) is 29.3. The van der Waals surface area contributed by atoms with Crippen LogP contribution in [0.25, 0.3) is 0 Å². The maximum absolute atomic E-state index is 13.7. The van der Waals surface area contributed by atoms with E-state index >= 15 is 0 Å². The van der Waals surface area contributed by atoms with Crippen molar-refractivity contribution in [1.29, 1.82) is 0 Å². The molecule has 0 aromatic heterocycles. The van der Waals surface area contributed by atoms with E-state index in [4.69, 9.17) is 4.74 Å². The van der Waals surface area contributed by atoms with Gasteiger partial charge < -0.3 is 9.84 Å². The molecule has 0 saturated carbocycles. The topological polar surface area (TPSA) is 29.5 Å². The van der Waals surface area contributed by atoms with E-state index < -0.39 is 5.60 Å². The summed E-state index contributed by atoms with van der Waals surface area (Å²) in [6.07, 6.45) is 3.03. The van der Waals surface area contributed by atoms with Gasteiger partial charge in [0.25, 0.3) is 0 Å². The second-order valence-corrected chi connectivity index (χ2v) is 5.08. The molecular formula is C14H17FO2. The molecule has 1 aromatic rings. The van der Waals surface area contributed by atoms with Crippen LogP contribution in [0.2, 0.25) is 0 Å². The Morgan fingerprint density at radius 1 is 1.29 bits per heavy atom. The lowest BCUT2D eigenvalue weighted by Gasteiger charge is -2.36. The van der Waals surface area contributed by atoms with Gasteiger partial charge in [-0.2, -0.15) is 0 Å². The number of ether oxygens (including phenoxy) is 1. The highest BCUT2D eigenvalue weighted by Gasteiger charge is 2.44. The average molecular weight is 236 g/mol. The zero-order chi connectivity index (χ0) is 11.9. The van der Waals surface area contributed by atoms with Gasteiger partial charge in [0.15, 0.2) is 0 Å². The molecule has 1 aromatic carbocycles. The van der Waals surface area contributed by atoms with Crippen LogP contribution in [0.3, 0.4) is 0 Å². The Morgan fingerprint density at radius 3 is 2.82 bits per heavy atom. The molecule has 2 aliphatic rings. The fourth-order valence-corrected chi connectivity index (χ4v) is 3.27. The summed E-state index contributed by atoms with van der Waals surface area (Å²) in [5, 5.41) is 10.9. The first-order valence-electron chi connectivity index (χ1n) is 6.30. The number of benzene rings is 1. The van der Waals surface area contributed by atoms with E-state index in [0.29, 0.717) is 31.6 Å². The van der Waals surface area contributed by atoms with Crippen molar-refractivity contribution in [3.8, 4) is 0 Å². The first kappa shape index (κ1) is 11.2. The van der Waals surface area contributed by atoms with Gasteiger partial charge in [-0.05, 0) is 48.8 Å². The molecule has 1 saturated heterocycles. The summed E-state index contributed by atoms with van der Waals surface area (Å²) >= 11 is 0. The number of hydrogen-bond donors (Lipinski definition) is 1. The Hall–Kier alpha value is -0.930. The maximum atomic E-state index is 13.7. The molecule has 1 aliphatic carbocycles. The summed E-state index contributed by atoms with van der Waals surface area (Å²) in [5.74, 6) is 0.0322. The highest BCUT2D eigenvalue weighted by molar-refractivity contribution is 5.38. The largest absolute Gasteiger partial charge is 0.385 e. The van der Waals surface area contributed by atoms with E-state index in [2.05, 4.69) is 0 Å². The summed E-state index contributed by atoms with van der Waals surface area (Å²) in [6.45, 7) is 1.41. The Labute approximate surface area is 100 Å². The average Bonchev–Trinajstić information content (AvgIpc) is 2.72. The molecule has 0 bridgehead atoms. The molecule has 17 heavy (non-hydrogen) atoms. The smallest absolute Gasteiger partial charge is 0.126 e. The standard InChI is InChI=1S/C14H17FO2/c15-13-3-1-2-12-11(13)4-7-14(12,16)10-5-8-17-9-6-10/h1-3,10,16H,4-9H2. The summed E-state index contributed by atoms with van der Waals surface area (Å²) in [6, 6.07) is 5.05. The summed E-state index contributed by atoms with van der Waals surface area (Å²) in [7, 11) is 0. The number of halogens is 1. The van der Waals surface area contributed by atoms with Crippen molar-refractivity contribution < 1.29 is 14.2 Å². The van der Waals surface area contributed by atoms with Crippen LogP contribution in [0.15, 0.2) is 18.2 Å².